The number of rotatable bonds is 4. The van der Waals surface area contributed by atoms with Gasteiger partial charge in [0.25, 0.3) is 0 Å². The monoisotopic (exact) mass is 288 g/mol. The summed E-state index contributed by atoms with van der Waals surface area (Å²) in [4.78, 5) is 9.97. The molecule has 0 spiro atoms. The summed E-state index contributed by atoms with van der Waals surface area (Å²) in [5.74, 6) is 0. The van der Waals surface area contributed by atoms with Gasteiger partial charge in [0.2, 0.25) is 0 Å². The van der Waals surface area contributed by atoms with Crippen LogP contribution in [0.5, 0.6) is 0 Å². The van der Waals surface area contributed by atoms with Gasteiger partial charge in [0.1, 0.15) is 0 Å². The van der Waals surface area contributed by atoms with Crippen LogP contribution in [0.15, 0.2) is 9.98 Å². The maximum Gasteiger partial charge on any atom is 0.0496 e. The average Bonchev–Trinajstić information content (AvgIpc) is 3.03. The fourth-order valence-corrected chi connectivity index (χ4v) is 4.29. The zero-order valence-electron chi connectivity index (χ0n) is 13.6. The second kappa shape index (κ2) is 7.56. The average molecular weight is 288 g/mol. The van der Waals surface area contributed by atoms with Gasteiger partial charge in [-0.25, -0.2) is 0 Å². The first-order valence-electron chi connectivity index (χ1n) is 9.45. The fraction of sp³-hybridized carbons (Fsp3) is 0.895. The van der Waals surface area contributed by atoms with E-state index in [-0.39, 0.29) is 5.41 Å². The smallest absolute Gasteiger partial charge is 0.0496 e. The van der Waals surface area contributed by atoms with Crippen LogP contribution >= 0.6 is 0 Å². The molecular weight excluding hydrogens is 256 g/mol. The van der Waals surface area contributed by atoms with Crippen molar-refractivity contribution in [3.63, 3.8) is 0 Å². The van der Waals surface area contributed by atoms with Gasteiger partial charge in [-0.1, -0.05) is 51.4 Å². The molecule has 0 aromatic heterocycles. The van der Waals surface area contributed by atoms with Crippen LogP contribution in [-0.4, -0.2) is 24.5 Å². The highest BCUT2D eigenvalue weighted by molar-refractivity contribution is 5.89. The molecule has 3 saturated carbocycles. The zero-order valence-corrected chi connectivity index (χ0v) is 13.6. The van der Waals surface area contributed by atoms with Gasteiger partial charge in [-0.05, 0) is 38.5 Å². The van der Waals surface area contributed by atoms with Crippen molar-refractivity contribution in [2.24, 2.45) is 15.4 Å². The molecule has 2 nitrogen and oxygen atoms in total. The summed E-state index contributed by atoms with van der Waals surface area (Å²) in [5, 5.41) is 0. The van der Waals surface area contributed by atoms with Crippen LogP contribution in [0.4, 0.5) is 0 Å². The van der Waals surface area contributed by atoms with Crippen LogP contribution in [0.3, 0.4) is 0 Å². The van der Waals surface area contributed by atoms with Crippen molar-refractivity contribution in [2.45, 2.75) is 102 Å². The molecule has 3 rings (SSSR count). The lowest BCUT2D eigenvalue weighted by Crippen LogP contribution is -2.23. The maximum absolute atomic E-state index is 4.98. The number of hydrogen-bond donors (Lipinski definition) is 0. The van der Waals surface area contributed by atoms with E-state index in [1.807, 2.05) is 0 Å². The van der Waals surface area contributed by atoms with Crippen LogP contribution in [0, 0.1) is 5.41 Å². The third-order valence-corrected chi connectivity index (χ3v) is 5.77. The summed E-state index contributed by atoms with van der Waals surface area (Å²) < 4.78 is 0. The lowest BCUT2D eigenvalue weighted by molar-refractivity contribution is 0.437. The summed E-state index contributed by atoms with van der Waals surface area (Å²) in [5.41, 5.74) is 0.217. The molecule has 0 aromatic carbocycles. The minimum absolute atomic E-state index is 0.217. The summed E-state index contributed by atoms with van der Waals surface area (Å²) in [6.45, 7) is 0. The molecule has 0 amide bonds. The molecular formula is C19H32N2. The minimum atomic E-state index is 0.217. The van der Waals surface area contributed by atoms with E-state index in [1.165, 1.54) is 89.9 Å². The SMILES string of the molecule is C(=NC1CCCCC1)C1(C=NC2CCCCC2)CCCC1. The lowest BCUT2D eigenvalue weighted by Gasteiger charge is -2.24. The van der Waals surface area contributed by atoms with Crippen molar-refractivity contribution in [1.82, 2.24) is 0 Å². The molecule has 3 fully saturated rings. The Kier molecular flexibility index (Phi) is 5.49. The maximum atomic E-state index is 4.98. The first kappa shape index (κ1) is 15.2. The highest BCUT2D eigenvalue weighted by Gasteiger charge is 2.31. The van der Waals surface area contributed by atoms with Crippen molar-refractivity contribution >= 4 is 12.4 Å². The van der Waals surface area contributed by atoms with Crippen molar-refractivity contribution in [3.8, 4) is 0 Å². The second-order valence-corrected chi connectivity index (χ2v) is 7.58. The van der Waals surface area contributed by atoms with E-state index in [9.17, 15) is 0 Å². The molecule has 0 atom stereocenters. The molecule has 0 aliphatic heterocycles. The van der Waals surface area contributed by atoms with Crippen LogP contribution in [-0.2, 0) is 0 Å². The van der Waals surface area contributed by atoms with Gasteiger partial charge in [-0.2, -0.15) is 0 Å². The second-order valence-electron chi connectivity index (χ2n) is 7.58. The molecule has 0 N–H and O–H groups in total. The molecule has 3 aliphatic carbocycles. The van der Waals surface area contributed by atoms with Crippen LogP contribution in [0.2, 0.25) is 0 Å². The van der Waals surface area contributed by atoms with E-state index >= 15 is 0 Å². The van der Waals surface area contributed by atoms with Crippen LogP contribution in [0.1, 0.15) is 89.9 Å². The standard InChI is InChI=1S/C19H32N2/c1-3-9-17(10-4-1)20-15-19(13-7-8-14-19)16-21-18-11-5-2-6-12-18/h15-18H,1-14H2. The largest absolute Gasteiger partial charge is 0.293 e. The normalized spacial score (nSPS) is 28.8. The Morgan fingerprint density at radius 3 is 1.43 bits per heavy atom. The summed E-state index contributed by atoms with van der Waals surface area (Å²) in [6.07, 6.45) is 23.5. The van der Waals surface area contributed by atoms with E-state index in [2.05, 4.69) is 12.4 Å². The molecule has 0 radical (unpaired) electrons. The molecule has 0 heterocycles. The van der Waals surface area contributed by atoms with Crippen molar-refractivity contribution in [3.05, 3.63) is 0 Å². The van der Waals surface area contributed by atoms with Crippen LogP contribution < -0.4 is 0 Å². The topological polar surface area (TPSA) is 24.7 Å². The van der Waals surface area contributed by atoms with Crippen molar-refractivity contribution in [1.29, 1.82) is 0 Å². The summed E-state index contributed by atoms with van der Waals surface area (Å²) >= 11 is 0. The third kappa shape index (κ3) is 4.40. The van der Waals surface area contributed by atoms with Gasteiger partial charge in [0, 0.05) is 29.9 Å². The molecule has 3 aliphatic rings. The van der Waals surface area contributed by atoms with E-state index in [0.717, 1.165) is 0 Å². The Hall–Kier alpha value is -0.660. The summed E-state index contributed by atoms with van der Waals surface area (Å²) in [6, 6.07) is 1.22. The van der Waals surface area contributed by atoms with Crippen molar-refractivity contribution < 1.29 is 0 Å². The van der Waals surface area contributed by atoms with Gasteiger partial charge >= 0.3 is 0 Å². The predicted octanol–water partition coefficient (Wildman–Crippen LogP) is 5.35. The number of hydrogen-bond acceptors (Lipinski definition) is 2. The Bertz CT molecular complexity index is 324. The van der Waals surface area contributed by atoms with Gasteiger partial charge in [0.05, 0.1) is 0 Å². The Labute approximate surface area is 130 Å². The molecule has 21 heavy (non-hydrogen) atoms. The van der Waals surface area contributed by atoms with Crippen LogP contribution in [0.25, 0.3) is 0 Å². The Balaban J connectivity index is 1.61. The highest BCUT2D eigenvalue weighted by Crippen LogP contribution is 2.36. The number of aliphatic imine (C=N–C) groups is 2. The molecule has 0 aromatic rings. The van der Waals surface area contributed by atoms with E-state index in [1.54, 1.807) is 0 Å². The quantitative estimate of drug-likeness (QED) is 0.623. The molecule has 0 unspecified atom stereocenters. The van der Waals surface area contributed by atoms with E-state index in [4.69, 9.17) is 9.98 Å². The fourth-order valence-electron chi connectivity index (χ4n) is 4.29. The summed E-state index contributed by atoms with van der Waals surface area (Å²) in [7, 11) is 0. The predicted molar refractivity (Wildman–Crippen MR) is 91.6 cm³/mol. The van der Waals surface area contributed by atoms with Crippen molar-refractivity contribution in [2.75, 3.05) is 0 Å². The first-order chi connectivity index (χ1) is 10.4. The molecule has 118 valence electrons. The van der Waals surface area contributed by atoms with E-state index in [0.29, 0.717) is 12.1 Å². The Morgan fingerprint density at radius 2 is 1.00 bits per heavy atom. The third-order valence-electron chi connectivity index (χ3n) is 5.77. The Morgan fingerprint density at radius 1 is 0.571 bits per heavy atom. The first-order valence-corrected chi connectivity index (χ1v) is 9.45. The lowest BCUT2D eigenvalue weighted by atomic mass is 9.88. The van der Waals surface area contributed by atoms with Gasteiger partial charge < -0.3 is 0 Å². The highest BCUT2D eigenvalue weighted by atomic mass is 14.8. The van der Waals surface area contributed by atoms with Gasteiger partial charge in [-0.3, -0.25) is 9.98 Å². The molecule has 2 heteroatoms. The molecule has 0 saturated heterocycles. The van der Waals surface area contributed by atoms with Gasteiger partial charge in [0.15, 0.2) is 0 Å². The molecule has 0 bridgehead atoms. The number of nitrogens with zero attached hydrogens (tertiary/aromatic N) is 2. The minimum Gasteiger partial charge on any atom is -0.293 e. The van der Waals surface area contributed by atoms with Gasteiger partial charge in [-0.15, -0.1) is 0 Å². The zero-order chi connectivity index (χ0) is 14.4. The van der Waals surface area contributed by atoms with E-state index < -0.39 is 0 Å².